The Kier molecular flexibility index (Phi) is 4.72. The molecule has 20 heavy (non-hydrogen) atoms. The molecule has 0 fully saturated rings. The summed E-state index contributed by atoms with van der Waals surface area (Å²) < 4.78 is 27.9. The minimum Gasteiger partial charge on any atom is -0.454 e. The third-order valence-electron chi connectivity index (χ3n) is 2.30. The molecule has 0 N–H and O–H groups in total. The van der Waals surface area contributed by atoms with E-state index in [9.17, 15) is 8.42 Å². The Bertz CT molecular complexity index is 759. The molecular formula is C12H6Cl4O3S. The average molecular weight is 372 g/mol. The lowest BCUT2D eigenvalue weighted by Crippen LogP contribution is -1.92. The largest absolute Gasteiger partial charge is 0.454 e. The molecule has 2 aromatic carbocycles. The number of hydrogen-bond acceptors (Lipinski definition) is 3. The molecule has 0 aliphatic carbocycles. The lowest BCUT2D eigenvalue weighted by molar-refractivity contribution is 0.482. The molecule has 0 bridgehead atoms. The van der Waals surface area contributed by atoms with Crippen LogP contribution in [0, 0.1) is 0 Å². The fraction of sp³-hybridized carbons (Fsp3) is 0. The normalized spacial score (nSPS) is 11.4. The first-order valence-corrected chi connectivity index (χ1v) is 8.59. The summed E-state index contributed by atoms with van der Waals surface area (Å²) in [6.45, 7) is 0. The van der Waals surface area contributed by atoms with Crippen LogP contribution in [-0.4, -0.2) is 8.42 Å². The molecule has 0 unspecified atom stereocenters. The number of benzene rings is 2. The zero-order valence-corrected chi connectivity index (χ0v) is 13.4. The van der Waals surface area contributed by atoms with Crippen molar-refractivity contribution in [3.05, 3.63) is 51.5 Å². The van der Waals surface area contributed by atoms with E-state index in [-0.39, 0.29) is 15.7 Å². The van der Waals surface area contributed by atoms with Crippen LogP contribution in [-0.2, 0) is 9.05 Å². The molecule has 106 valence electrons. The Morgan fingerprint density at radius 3 is 2.15 bits per heavy atom. The van der Waals surface area contributed by atoms with Crippen molar-refractivity contribution < 1.29 is 13.2 Å². The molecule has 0 aliphatic heterocycles. The van der Waals surface area contributed by atoms with E-state index >= 15 is 0 Å². The third kappa shape index (κ3) is 3.71. The molecule has 2 rings (SSSR count). The van der Waals surface area contributed by atoms with Crippen molar-refractivity contribution in [1.29, 1.82) is 0 Å². The Morgan fingerprint density at radius 1 is 0.850 bits per heavy atom. The van der Waals surface area contributed by atoms with Gasteiger partial charge < -0.3 is 4.74 Å². The van der Waals surface area contributed by atoms with Crippen LogP contribution in [0.5, 0.6) is 11.5 Å². The van der Waals surface area contributed by atoms with Gasteiger partial charge in [-0.3, -0.25) is 0 Å². The number of halogens is 4. The predicted molar refractivity (Wildman–Crippen MR) is 81.0 cm³/mol. The summed E-state index contributed by atoms with van der Waals surface area (Å²) >= 11 is 17.8. The second kappa shape index (κ2) is 6.00. The molecule has 0 atom stereocenters. The second-order valence-corrected chi connectivity index (χ2v) is 7.52. The topological polar surface area (TPSA) is 43.4 Å². The van der Waals surface area contributed by atoms with E-state index in [4.69, 9.17) is 50.2 Å². The van der Waals surface area contributed by atoms with Gasteiger partial charge in [-0.25, -0.2) is 8.42 Å². The van der Waals surface area contributed by atoms with Crippen LogP contribution in [0.1, 0.15) is 0 Å². The molecule has 0 spiro atoms. The van der Waals surface area contributed by atoms with Crippen molar-refractivity contribution >= 4 is 54.5 Å². The summed E-state index contributed by atoms with van der Waals surface area (Å²) in [6.07, 6.45) is 0. The highest BCUT2D eigenvalue weighted by molar-refractivity contribution is 8.13. The van der Waals surface area contributed by atoms with E-state index in [0.717, 1.165) is 0 Å². The van der Waals surface area contributed by atoms with Crippen LogP contribution in [0.2, 0.25) is 15.1 Å². The van der Waals surface area contributed by atoms with Gasteiger partial charge in [-0.05, 0) is 30.3 Å². The fourth-order valence-corrected chi connectivity index (χ4v) is 2.77. The van der Waals surface area contributed by atoms with Crippen molar-refractivity contribution in [2.24, 2.45) is 0 Å². The van der Waals surface area contributed by atoms with E-state index in [1.54, 1.807) is 12.1 Å². The van der Waals surface area contributed by atoms with E-state index in [0.29, 0.717) is 15.8 Å². The maximum Gasteiger partial charge on any atom is 0.261 e. The SMILES string of the molecule is O=S(=O)(Cl)c1ccc(Oc2cc(Cl)ccc2Cl)c(Cl)c1. The molecule has 8 heteroatoms. The van der Waals surface area contributed by atoms with Gasteiger partial charge in [0.25, 0.3) is 9.05 Å². The molecule has 2 aromatic rings. The van der Waals surface area contributed by atoms with Gasteiger partial charge in [0.2, 0.25) is 0 Å². The monoisotopic (exact) mass is 370 g/mol. The zero-order valence-electron chi connectivity index (χ0n) is 9.61. The summed E-state index contributed by atoms with van der Waals surface area (Å²) in [6, 6.07) is 8.56. The minimum atomic E-state index is -3.84. The first kappa shape index (κ1) is 15.7. The Labute approximate surface area is 135 Å². The minimum absolute atomic E-state index is 0.0859. The summed E-state index contributed by atoms with van der Waals surface area (Å²) in [5.41, 5.74) is 0. The lowest BCUT2D eigenvalue weighted by Gasteiger charge is -2.10. The standard InChI is InChI=1S/C12H6Cl4O3S/c13-7-1-3-9(14)12(5-7)19-11-4-2-8(6-10(11)15)20(16,17)18/h1-6H. The Balaban J connectivity index is 2.38. The van der Waals surface area contributed by atoms with Gasteiger partial charge in [0.15, 0.2) is 0 Å². The van der Waals surface area contributed by atoms with Crippen molar-refractivity contribution in [1.82, 2.24) is 0 Å². The van der Waals surface area contributed by atoms with Gasteiger partial charge in [0.05, 0.1) is 14.9 Å². The highest BCUT2D eigenvalue weighted by Crippen LogP contribution is 2.36. The van der Waals surface area contributed by atoms with Crippen molar-refractivity contribution in [2.75, 3.05) is 0 Å². The highest BCUT2D eigenvalue weighted by atomic mass is 35.7. The lowest BCUT2D eigenvalue weighted by atomic mass is 10.3. The number of rotatable bonds is 3. The molecule has 0 radical (unpaired) electrons. The van der Waals surface area contributed by atoms with Crippen molar-refractivity contribution in [3.8, 4) is 11.5 Å². The maximum absolute atomic E-state index is 11.2. The van der Waals surface area contributed by atoms with E-state index < -0.39 is 9.05 Å². The third-order valence-corrected chi connectivity index (χ3v) is 4.49. The molecular weight excluding hydrogens is 366 g/mol. The van der Waals surface area contributed by atoms with Gasteiger partial charge in [-0.1, -0.05) is 34.8 Å². The molecule has 0 heterocycles. The van der Waals surface area contributed by atoms with E-state index in [2.05, 4.69) is 0 Å². The summed E-state index contributed by atoms with van der Waals surface area (Å²) in [5, 5.41) is 0.878. The van der Waals surface area contributed by atoms with Gasteiger partial charge in [-0.15, -0.1) is 0 Å². The maximum atomic E-state index is 11.2. The zero-order chi connectivity index (χ0) is 14.9. The Hall–Kier alpha value is -0.650. The first-order chi connectivity index (χ1) is 9.27. The van der Waals surface area contributed by atoms with Gasteiger partial charge >= 0.3 is 0 Å². The van der Waals surface area contributed by atoms with Gasteiger partial charge in [0, 0.05) is 21.8 Å². The fourth-order valence-electron chi connectivity index (χ4n) is 1.39. The van der Waals surface area contributed by atoms with Crippen LogP contribution >= 0.6 is 45.5 Å². The molecule has 0 saturated heterocycles. The first-order valence-electron chi connectivity index (χ1n) is 5.14. The molecule has 3 nitrogen and oxygen atoms in total. The van der Waals surface area contributed by atoms with E-state index in [1.807, 2.05) is 0 Å². The van der Waals surface area contributed by atoms with Crippen molar-refractivity contribution in [2.45, 2.75) is 4.90 Å². The molecule has 0 aromatic heterocycles. The van der Waals surface area contributed by atoms with Gasteiger partial charge in [0.1, 0.15) is 11.5 Å². The summed E-state index contributed by atoms with van der Waals surface area (Å²) in [7, 11) is 1.38. The van der Waals surface area contributed by atoms with Crippen molar-refractivity contribution in [3.63, 3.8) is 0 Å². The van der Waals surface area contributed by atoms with Crippen LogP contribution in [0.4, 0.5) is 0 Å². The quantitative estimate of drug-likeness (QED) is 0.681. The highest BCUT2D eigenvalue weighted by Gasteiger charge is 2.14. The average Bonchev–Trinajstić information content (AvgIpc) is 2.35. The van der Waals surface area contributed by atoms with Crippen LogP contribution in [0.25, 0.3) is 0 Å². The van der Waals surface area contributed by atoms with Crippen LogP contribution in [0.15, 0.2) is 41.3 Å². The van der Waals surface area contributed by atoms with Crippen LogP contribution in [0.3, 0.4) is 0 Å². The smallest absolute Gasteiger partial charge is 0.261 e. The van der Waals surface area contributed by atoms with Gasteiger partial charge in [-0.2, -0.15) is 0 Å². The van der Waals surface area contributed by atoms with E-state index in [1.165, 1.54) is 24.3 Å². The Morgan fingerprint density at radius 2 is 1.55 bits per heavy atom. The molecule has 0 saturated carbocycles. The summed E-state index contributed by atoms with van der Waals surface area (Å²) in [5.74, 6) is 0.544. The predicted octanol–water partition coefficient (Wildman–Crippen LogP) is 5.37. The second-order valence-electron chi connectivity index (χ2n) is 3.71. The number of hydrogen-bond donors (Lipinski definition) is 0. The number of ether oxygens (including phenoxy) is 1. The summed E-state index contributed by atoms with van der Waals surface area (Å²) in [4.78, 5) is -0.117. The van der Waals surface area contributed by atoms with Crippen LogP contribution < -0.4 is 4.74 Å². The molecule has 0 amide bonds. The molecule has 0 aliphatic rings.